The number of halogens is 1. The van der Waals surface area contributed by atoms with Crippen LogP contribution in [0.25, 0.3) is 21.7 Å². The van der Waals surface area contributed by atoms with Gasteiger partial charge in [0.2, 0.25) is 11.8 Å². The van der Waals surface area contributed by atoms with Gasteiger partial charge in [0.05, 0.1) is 21.0 Å². The van der Waals surface area contributed by atoms with Crippen molar-refractivity contribution in [1.29, 1.82) is 0 Å². The molecule has 0 unspecified atom stereocenters. The van der Waals surface area contributed by atoms with Crippen molar-refractivity contribution in [1.82, 2.24) is 20.1 Å². The standard InChI is InChI=1S/C22H19FN4O2S2/c23-16-9-7-14(8-10-16)20-25-26-22(29-20)30-13-19(28)27-11-3-4-15(12-27)21-24-17-5-1-2-6-18(17)31-21/h1-2,5-10,15H,3-4,11-13H2/t15-/m0/s1. The predicted molar refractivity (Wildman–Crippen MR) is 119 cm³/mol. The number of likely N-dealkylation sites (tertiary alicyclic amines) is 1. The van der Waals surface area contributed by atoms with Crippen LogP contribution in [0.4, 0.5) is 4.39 Å². The summed E-state index contributed by atoms with van der Waals surface area (Å²) in [6.07, 6.45) is 2.01. The van der Waals surface area contributed by atoms with Crippen LogP contribution in [0.1, 0.15) is 23.8 Å². The molecule has 0 spiro atoms. The number of hydrogen-bond acceptors (Lipinski definition) is 7. The molecule has 1 saturated heterocycles. The molecule has 0 radical (unpaired) electrons. The summed E-state index contributed by atoms with van der Waals surface area (Å²) in [4.78, 5) is 19.5. The van der Waals surface area contributed by atoms with Gasteiger partial charge in [-0.3, -0.25) is 4.79 Å². The van der Waals surface area contributed by atoms with E-state index in [4.69, 9.17) is 9.40 Å². The number of thiazole rings is 1. The lowest BCUT2D eigenvalue weighted by Crippen LogP contribution is -2.40. The molecule has 4 aromatic rings. The number of nitrogens with zero attached hydrogens (tertiary/aromatic N) is 4. The zero-order valence-electron chi connectivity index (χ0n) is 16.5. The second-order valence-corrected chi connectivity index (χ2v) is 9.36. The van der Waals surface area contributed by atoms with Gasteiger partial charge in [-0.05, 0) is 49.2 Å². The largest absolute Gasteiger partial charge is 0.411 e. The Labute approximate surface area is 186 Å². The average molecular weight is 455 g/mol. The van der Waals surface area contributed by atoms with E-state index in [1.54, 1.807) is 23.5 Å². The van der Waals surface area contributed by atoms with E-state index in [0.29, 0.717) is 23.2 Å². The number of thioether (sulfide) groups is 1. The quantitative estimate of drug-likeness (QED) is 0.396. The molecule has 1 fully saturated rings. The Kier molecular flexibility index (Phi) is 5.69. The summed E-state index contributed by atoms with van der Waals surface area (Å²) in [5.41, 5.74) is 1.66. The van der Waals surface area contributed by atoms with Gasteiger partial charge in [0, 0.05) is 24.6 Å². The lowest BCUT2D eigenvalue weighted by Gasteiger charge is -2.31. The van der Waals surface area contributed by atoms with Crippen molar-refractivity contribution in [3.63, 3.8) is 0 Å². The fraction of sp³-hybridized carbons (Fsp3) is 0.273. The number of rotatable bonds is 5. The van der Waals surface area contributed by atoms with Crippen LogP contribution in [-0.4, -0.2) is 44.8 Å². The molecule has 9 heteroatoms. The third-order valence-corrected chi connectivity index (χ3v) is 7.25. The van der Waals surface area contributed by atoms with Gasteiger partial charge in [-0.2, -0.15) is 0 Å². The molecule has 31 heavy (non-hydrogen) atoms. The highest BCUT2D eigenvalue weighted by Crippen LogP contribution is 2.33. The fourth-order valence-corrected chi connectivity index (χ4v) is 5.42. The van der Waals surface area contributed by atoms with E-state index in [1.807, 2.05) is 23.1 Å². The molecule has 158 valence electrons. The molecule has 5 rings (SSSR count). The molecule has 2 aromatic heterocycles. The van der Waals surface area contributed by atoms with Crippen LogP contribution in [0.3, 0.4) is 0 Å². The van der Waals surface area contributed by atoms with Crippen molar-refractivity contribution in [2.75, 3.05) is 18.8 Å². The van der Waals surface area contributed by atoms with Crippen molar-refractivity contribution in [2.24, 2.45) is 0 Å². The molecule has 3 heterocycles. The van der Waals surface area contributed by atoms with Crippen LogP contribution in [0.15, 0.2) is 58.2 Å². The Balaban J connectivity index is 1.20. The monoisotopic (exact) mass is 454 g/mol. The zero-order chi connectivity index (χ0) is 21.2. The predicted octanol–water partition coefficient (Wildman–Crippen LogP) is 4.98. The maximum absolute atomic E-state index is 13.1. The Morgan fingerprint density at radius 2 is 2.03 bits per heavy atom. The highest BCUT2D eigenvalue weighted by atomic mass is 32.2. The summed E-state index contributed by atoms with van der Waals surface area (Å²) in [7, 11) is 0. The highest BCUT2D eigenvalue weighted by Gasteiger charge is 2.27. The Bertz CT molecular complexity index is 1170. The van der Waals surface area contributed by atoms with Crippen molar-refractivity contribution >= 4 is 39.2 Å². The molecule has 0 bridgehead atoms. The van der Waals surface area contributed by atoms with Crippen LogP contribution in [0, 0.1) is 5.82 Å². The van der Waals surface area contributed by atoms with E-state index in [-0.39, 0.29) is 23.4 Å². The first-order chi connectivity index (χ1) is 15.2. The lowest BCUT2D eigenvalue weighted by molar-refractivity contribution is -0.129. The topological polar surface area (TPSA) is 72.1 Å². The van der Waals surface area contributed by atoms with E-state index in [0.717, 1.165) is 29.9 Å². The average Bonchev–Trinajstić information content (AvgIpc) is 3.45. The first-order valence-electron chi connectivity index (χ1n) is 10.0. The Morgan fingerprint density at radius 3 is 2.87 bits per heavy atom. The number of carbonyl (C=O) groups excluding carboxylic acids is 1. The summed E-state index contributed by atoms with van der Waals surface area (Å²) >= 11 is 2.94. The van der Waals surface area contributed by atoms with Crippen molar-refractivity contribution in [3.8, 4) is 11.5 Å². The van der Waals surface area contributed by atoms with Gasteiger partial charge in [-0.15, -0.1) is 21.5 Å². The maximum Gasteiger partial charge on any atom is 0.277 e. The van der Waals surface area contributed by atoms with Crippen molar-refractivity contribution in [2.45, 2.75) is 24.0 Å². The molecule has 0 aliphatic carbocycles. The number of hydrogen-bond donors (Lipinski definition) is 0. The second kappa shape index (κ2) is 8.76. The van der Waals surface area contributed by atoms with Crippen LogP contribution in [0.2, 0.25) is 0 Å². The summed E-state index contributed by atoms with van der Waals surface area (Å²) in [6.45, 7) is 1.44. The van der Waals surface area contributed by atoms with Gasteiger partial charge in [0.15, 0.2) is 0 Å². The molecular weight excluding hydrogens is 435 g/mol. The molecule has 6 nitrogen and oxygen atoms in total. The van der Waals surface area contributed by atoms with Gasteiger partial charge < -0.3 is 9.32 Å². The third kappa shape index (κ3) is 4.47. The van der Waals surface area contributed by atoms with Gasteiger partial charge in [0.25, 0.3) is 5.22 Å². The van der Waals surface area contributed by atoms with Gasteiger partial charge >= 0.3 is 0 Å². The summed E-state index contributed by atoms with van der Waals surface area (Å²) < 4.78 is 19.9. The minimum Gasteiger partial charge on any atom is -0.411 e. The smallest absolute Gasteiger partial charge is 0.277 e. The number of fused-ring (bicyclic) bond motifs is 1. The molecule has 1 aliphatic heterocycles. The van der Waals surface area contributed by atoms with Crippen molar-refractivity contribution < 1.29 is 13.6 Å². The number of benzene rings is 2. The van der Waals surface area contributed by atoms with E-state index < -0.39 is 0 Å². The van der Waals surface area contributed by atoms with Crippen LogP contribution >= 0.6 is 23.1 Å². The Hall–Kier alpha value is -2.78. The number of piperidine rings is 1. The normalized spacial score (nSPS) is 16.7. The van der Waals surface area contributed by atoms with E-state index in [2.05, 4.69) is 16.3 Å². The van der Waals surface area contributed by atoms with Crippen LogP contribution in [-0.2, 0) is 4.79 Å². The van der Waals surface area contributed by atoms with Crippen LogP contribution < -0.4 is 0 Å². The highest BCUT2D eigenvalue weighted by molar-refractivity contribution is 7.99. The summed E-state index contributed by atoms with van der Waals surface area (Å²) in [5, 5.41) is 9.41. The molecule has 1 aliphatic rings. The minimum atomic E-state index is -0.325. The number of carbonyl (C=O) groups is 1. The van der Waals surface area contributed by atoms with Crippen molar-refractivity contribution in [3.05, 3.63) is 59.4 Å². The first-order valence-corrected chi connectivity index (χ1v) is 11.8. The molecule has 0 N–H and O–H groups in total. The number of aromatic nitrogens is 3. The first kappa shape index (κ1) is 20.1. The SMILES string of the molecule is O=C(CSc1nnc(-c2ccc(F)cc2)o1)N1CCC[C@H](c2nc3ccccc3s2)C1. The lowest BCUT2D eigenvalue weighted by atomic mass is 9.99. The maximum atomic E-state index is 13.1. The van der Waals surface area contributed by atoms with E-state index >= 15 is 0 Å². The molecule has 1 atom stereocenters. The summed E-state index contributed by atoms with van der Waals surface area (Å²) in [5.74, 6) is 0.543. The van der Waals surface area contributed by atoms with Crippen LogP contribution in [0.5, 0.6) is 0 Å². The minimum absolute atomic E-state index is 0.0531. The second-order valence-electron chi connectivity index (χ2n) is 7.37. The molecule has 1 amide bonds. The summed E-state index contributed by atoms with van der Waals surface area (Å²) in [6, 6.07) is 14.0. The molecular formula is C22H19FN4O2S2. The molecule has 0 saturated carbocycles. The van der Waals surface area contributed by atoms with Gasteiger partial charge in [-0.1, -0.05) is 23.9 Å². The Morgan fingerprint density at radius 1 is 1.19 bits per heavy atom. The number of para-hydroxylation sites is 1. The number of amides is 1. The third-order valence-electron chi connectivity index (χ3n) is 5.25. The van der Waals surface area contributed by atoms with Gasteiger partial charge in [0.1, 0.15) is 5.82 Å². The van der Waals surface area contributed by atoms with E-state index in [9.17, 15) is 9.18 Å². The molecule has 2 aromatic carbocycles. The fourth-order valence-electron chi connectivity index (χ4n) is 3.66. The zero-order valence-corrected chi connectivity index (χ0v) is 18.2. The van der Waals surface area contributed by atoms with E-state index in [1.165, 1.54) is 28.6 Å². The van der Waals surface area contributed by atoms with Gasteiger partial charge in [-0.25, -0.2) is 9.37 Å².